The molecule has 6 nitrogen and oxygen atoms in total. The number of methoxy groups -OCH3 is 1. The second-order valence-corrected chi connectivity index (χ2v) is 4.48. The third-order valence-corrected chi connectivity index (χ3v) is 3.00. The van der Waals surface area contributed by atoms with Crippen LogP contribution in [0.25, 0.3) is 0 Å². The molecule has 0 aliphatic heterocycles. The highest BCUT2D eigenvalue weighted by Gasteiger charge is 2.14. The van der Waals surface area contributed by atoms with Crippen molar-refractivity contribution in [2.24, 2.45) is 0 Å². The Balaban J connectivity index is 2.32. The lowest BCUT2D eigenvalue weighted by Crippen LogP contribution is -2.14. The number of rotatable bonds is 3. The Morgan fingerprint density at radius 2 is 2.24 bits per heavy atom. The molecule has 0 unspecified atom stereocenters. The van der Waals surface area contributed by atoms with Gasteiger partial charge in [0.2, 0.25) is 0 Å². The van der Waals surface area contributed by atoms with Crippen molar-refractivity contribution in [1.82, 2.24) is 4.98 Å². The number of nitrogens with one attached hydrogen (secondary N) is 1. The van der Waals surface area contributed by atoms with Crippen molar-refractivity contribution in [3.63, 3.8) is 0 Å². The van der Waals surface area contributed by atoms with Crippen LogP contribution in [0.4, 0.5) is 11.5 Å². The van der Waals surface area contributed by atoms with Gasteiger partial charge in [0.05, 0.1) is 35.0 Å². The molecule has 1 heterocycles. The Bertz CT molecular complexity index is 740. The Morgan fingerprint density at radius 1 is 1.48 bits per heavy atom. The van der Waals surface area contributed by atoms with Gasteiger partial charge in [-0.25, -0.2) is 4.98 Å². The highest BCUT2D eigenvalue weighted by Crippen LogP contribution is 2.27. The summed E-state index contributed by atoms with van der Waals surface area (Å²) in [6, 6.07) is 8.05. The van der Waals surface area contributed by atoms with E-state index in [-0.39, 0.29) is 16.4 Å². The summed E-state index contributed by atoms with van der Waals surface area (Å²) in [4.78, 5) is 16.0. The van der Waals surface area contributed by atoms with Gasteiger partial charge in [0.15, 0.2) is 0 Å². The first-order chi connectivity index (χ1) is 10.0. The zero-order valence-electron chi connectivity index (χ0n) is 11.1. The predicted octanol–water partition coefficient (Wildman–Crippen LogP) is 2.45. The first-order valence-corrected chi connectivity index (χ1v) is 6.23. The summed E-state index contributed by atoms with van der Waals surface area (Å²) in [6.07, 6.45) is 1.31. The number of pyridine rings is 1. The van der Waals surface area contributed by atoms with E-state index in [2.05, 4.69) is 10.3 Å². The van der Waals surface area contributed by atoms with E-state index in [1.807, 2.05) is 6.07 Å². The van der Waals surface area contributed by atoms with E-state index in [4.69, 9.17) is 27.3 Å². The number of nitrogens with two attached hydrogens (primary N) is 1. The highest BCUT2D eigenvalue weighted by atomic mass is 35.5. The van der Waals surface area contributed by atoms with Gasteiger partial charge >= 0.3 is 0 Å². The molecule has 21 heavy (non-hydrogen) atoms. The van der Waals surface area contributed by atoms with Crippen LogP contribution < -0.4 is 15.8 Å². The second kappa shape index (κ2) is 6.11. The largest absolute Gasteiger partial charge is 0.495 e. The molecule has 0 saturated heterocycles. The molecule has 7 heteroatoms. The molecule has 0 bridgehead atoms. The average Bonchev–Trinajstić information content (AvgIpc) is 2.49. The van der Waals surface area contributed by atoms with Gasteiger partial charge in [0.1, 0.15) is 11.6 Å². The van der Waals surface area contributed by atoms with Crippen molar-refractivity contribution in [3.8, 4) is 11.8 Å². The Kier molecular flexibility index (Phi) is 4.26. The summed E-state index contributed by atoms with van der Waals surface area (Å²) in [5, 5.41) is 11.7. The monoisotopic (exact) mass is 302 g/mol. The number of nitriles is 1. The third kappa shape index (κ3) is 3.22. The van der Waals surface area contributed by atoms with Crippen LogP contribution in [0.3, 0.4) is 0 Å². The smallest absolute Gasteiger partial charge is 0.257 e. The molecule has 106 valence electrons. The molecular weight excluding hydrogens is 292 g/mol. The van der Waals surface area contributed by atoms with Crippen LogP contribution >= 0.6 is 11.6 Å². The Labute approximate surface area is 126 Å². The molecule has 0 atom stereocenters. The van der Waals surface area contributed by atoms with Gasteiger partial charge < -0.3 is 15.8 Å². The van der Waals surface area contributed by atoms with E-state index < -0.39 is 5.91 Å². The number of carbonyl (C=O) groups is 1. The molecule has 1 aromatic heterocycles. The van der Waals surface area contributed by atoms with Crippen molar-refractivity contribution in [3.05, 3.63) is 46.6 Å². The standard InChI is InChI=1S/C14H11ClN4O2/c1-21-12-4-8(6-16)2-3-11(12)19-14(20)9-5-13(17)18-7-10(9)15/h2-5,7H,1H3,(H2,17,18)(H,19,20). The van der Waals surface area contributed by atoms with Crippen molar-refractivity contribution in [1.29, 1.82) is 5.26 Å². The average molecular weight is 303 g/mol. The van der Waals surface area contributed by atoms with Crippen molar-refractivity contribution >= 4 is 29.0 Å². The minimum atomic E-state index is -0.447. The van der Waals surface area contributed by atoms with Gasteiger partial charge in [-0.3, -0.25) is 4.79 Å². The topological polar surface area (TPSA) is 101 Å². The number of carbonyl (C=O) groups excluding carboxylic acids is 1. The predicted molar refractivity (Wildman–Crippen MR) is 79.3 cm³/mol. The number of nitrogens with zero attached hydrogens (tertiary/aromatic N) is 2. The van der Waals surface area contributed by atoms with E-state index in [0.717, 1.165) is 0 Å². The molecule has 3 N–H and O–H groups in total. The summed E-state index contributed by atoms with van der Waals surface area (Å²) in [5.74, 6) is 0.119. The lowest BCUT2D eigenvalue weighted by molar-refractivity contribution is 0.102. The molecule has 0 aliphatic rings. The molecule has 0 spiro atoms. The van der Waals surface area contributed by atoms with Gasteiger partial charge in [-0.15, -0.1) is 0 Å². The molecule has 1 amide bonds. The molecular formula is C14H11ClN4O2. The minimum absolute atomic E-state index is 0.189. The lowest BCUT2D eigenvalue weighted by Gasteiger charge is -2.11. The fourth-order valence-corrected chi connectivity index (χ4v) is 1.87. The van der Waals surface area contributed by atoms with Crippen LogP contribution in [0.15, 0.2) is 30.5 Å². The van der Waals surface area contributed by atoms with E-state index in [0.29, 0.717) is 17.0 Å². The normalized spacial score (nSPS) is 9.76. The van der Waals surface area contributed by atoms with Crippen LogP contribution in [-0.2, 0) is 0 Å². The summed E-state index contributed by atoms with van der Waals surface area (Å²) < 4.78 is 5.14. The fourth-order valence-electron chi connectivity index (χ4n) is 1.68. The van der Waals surface area contributed by atoms with Crippen molar-refractivity contribution in [2.75, 3.05) is 18.2 Å². The number of benzene rings is 1. The van der Waals surface area contributed by atoms with Crippen molar-refractivity contribution in [2.45, 2.75) is 0 Å². The van der Waals surface area contributed by atoms with Crippen LogP contribution in [-0.4, -0.2) is 18.0 Å². The second-order valence-electron chi connectivity index (χ2n) is 4.07. The van der Waals surface area contributed by atoms with Crippen molar-refractivity contribution < 1.29 is 9.53 Å². The van der Waals surface area contributed by atoms with Gasteiger partial charge in [-0.05, 0) is 18.2 Å². The van der Waals surface area contributed by atoms with Gasteiger partial charge in [0, 0.05) is 12.3 Å². The number of ether oxygens (including phenoxy) is 1. The van der Waals surface area contributed by atoms with Crippen LogP contribution in [0.1, 0.15) is 15.9 Å². The number of aromatic nitrogens is 1. The zero-order valence-corrected chi connectivity index (χ0v) is 11.8. The Morgan fingerprint density at radius 3 is 2.90 bits per heavy atom. The Hall–Kier alpha value is -2.78. The highest BCUT2D eigenvalue weighted by molar-refractivity contribution is 6.34. The van der Waals surface area contributed by atoms with Crippen LogP contribution in [0.2, 0.25) is 5.02 Å². The maximum Gasteiger partial charge on any atom is 0.257 e. The number of nitrogen functional groups attached to an aromatic ring is 1. The van der Waals surface area contributed by atoms with E-state index >= 15 is 0 Å². The maximum absolute atomic E-state index is 12.2. The molecule has 2 rings (SSSR count). The summed E-state index contributed by atoms with van der Waals surface area (Å²) in [7, 11) is 1.45. The number of halogens is 1. The first kappa shape index (κ1) is 14.6. The summed E-state index contributed by atoms with van der Waals surface area (Å²) in [6.45, 7) is 0. The number of hydrogen-bond donors (Lipinski definition) is 2. The number of hydrogen-bond acceptors (Lipinski definition) is 5. The van der Waals surface area contributed by atoms with Gasteiger partial charge in [-0.1, -0.05) is 11.6 Å². The quantitative estimate of drug-likeness (QED) is 0.907. The SMILES string of the molecule is COc1cc(C#N)ccc1NC(=O)c1cc(N)ncc1Cl. The zero-order chi connectivity index (χ0) is 15.4. The maximum atomic E-state index is 12.2. The molecule has 0 aliphatic carbocycles. The molecule has 2 aromatic rings. The number of anilines is 2. The third-order valence-electron chi connectivity index (χ3n) is 2.70. The number of amides is 1. The molecule has 0 radical (unpaired) electrons. The molecule has 1 aromatic carbocycles. The van der Waals surface area contributed by atoms with E-state index in [1.165, 1.54) is 25.4 Å². The van der Waals surface area contributed by atoms with Crippen LogP contribution in [0.5, 0.6) is 5.75 Å². The first-order valence-electron chi connectivity index (χ1n) is 5.85. The van der Waals surface area contributed by atoms with Gasteiger partial charge in [-0.2, -0.15) is 5.26 Å². The molecule has 0 fully saturated rings. The van der Waals surface area contributed by atoms with Gasteiger partial charge in [0.25, 0.3) is 5.91 Å². The van der Waals surface area contributed by atoms with E-state index in [9.17, 15) is 4.79 Å². The summed E-state index contributed by atoms with van der Waals surface area (Å²) >= 11 is 5.93. The minimum Gasteiger partial charge on any atom is -0.495 e. The summed E-state index contributed by atoms with van der Waals surface area (Å²) in [5.41, 5.74) is 6.60. The lowest BCUT2D eigenvalue weighted by atomic mass is 10.2. The molecule has 0 saturated carbocycles. The fraction of sp³-hybridized carbons (Fsp3) is 0.0714. The van der Waals surface area contributed by atoms with Crippen LogP contribution in [0, 0.1) is 11.3 Å². The van der Waals surface area contributed by atoms with E-state index in [1.54, 1.807) is 12.1 Å².